The SMILES string of the molecule is CC(C)c1nc(-c2cc(C(=O)Cc3ccccn3)c3ccccn23)cs1. The normalized spacial score (nSPS) is 11.3. The average molecular weight is 361 g/mol. The van der Waals surface area contributed by atoms with Crippen LogP contribution in [-0.2, 0) is 6.42 Å². The molecule has 4 nitrogen and oxygen atoms in total. The van der Waals surface area contributed by atoms with E-state index in [0.29, 0.717) is 17.9 Å². The van der Waals surface area contributed by atoms with Crippen LogP contribution in [0, 0.1) is 0 Å². The molecule has 0 fully saturated rings. The van der Waals surface area contributed by atoms with E-state index < -0.39 is 0 Å². The Morgan fingerprint density at radius 1 is 1.19 bits per heavy atom. The van der Waals surface area contributed by atoms with Crippen LogP contribution in [0.3, 0.4) is 0 Å². The molecule has 4 heterocycles. The van der Waals surface area contributed by atoms with Gasteiger partial charge in [0, 0.05) is 34.9 Å². The van der Waals surface area contributed by atoms with Crippen LogP contribution in [0.5, 0.6) is 0 Å². The highest BCUT2D eigenvalue weighted by Gasteiger charge is 2.18. The maximum atomic E-state index is 12.9. The molecule has 130 valence electrons. The molecule has 0 aliphatic heterocycles. The summed E-state index contributed by atoms with van der Waals surface area (Å²) in [5, 5.41) is 3.17. The minimum Gasteiger partial charge on any atom is -0.314 e. The minimum atomic E-state index is 0.0676. The maximum absolute atomic E-state index is 12.9. The lowest BCUT2D eigenvalue weighted by Gasteiger charge is -2.01. The molecule has 0 bridgehead atoms. The second-order valence-electron chi connectivity index (χ2n) is 6.55. The van der Waals surface area contributed by atoms with E-state index in [-0.39, 0.29) is 5.78 Å². The fraction of sp³-hybridized carbons (Fsp3) is 0.190. The maximum Gasteiger partial charge on any atom is 0.170 e. The molecular formula is C21H19N3OS. The van der Waals surface area contributed by atoms with Crippen LogP contribution in [0.1, 0.15) is 40.8 Å². The number of rotatable bonds is 5. The number of aromatic nitrogens is 3. The first-order chi connectivity index (χ1) is 12.6. The molecular weight excluding hydrogens is 342 g/mol. The van der Waals surface area contributed by atoms with Gasteiger partial charge in [-0.2, -0.15) is 0 Å². The van der Waals surface area contributed by atoms with Crippen molar-refractivity contribution in [1.82, 2.24) is 14.4 Å². The number of hydrogen-bond acceptors (Lipinski definition) is 4. The first-order valence-corrected chi connectivity index (χ1v) is 9.50. The Morgan fingerprint density at radius 3 is 2.77 bits per heavy atom. The summed E-state index contributed by atoms with van der Waals surface area (Å²) < 4.78 is 2.05. The van der Waals surface area contributed by atoms with Crippen molar-refractivity contribution in [3.8, 4) is 11.4 Å². The van der Waals surface area contributed by atoms with Gasteiger partial charge < -0.3 is 4.40 Å². The van der Waals surface area contributed by atoms with Crippen molar-refractivity contribution < 1.29 is 4.79 Å². The van der Waals surface area contributed by atoms with Crippen LogP contribution in [0.4, 0.5) is 0 Å². The number of thiazole rings is 1. The Balaban J connectivity index is 1.77. The van der Waals surface area contributed by atoms with E-state index in [4.69, 9.17) is 4.98 Å². The summed E-state index contributed by atoms with van der Waals surface area (Å²) in [6.07, 6.45) is 3.99. The van der Waals surface area contributed by atoms with Crippen LogP contribution in [0.15, 0.2) is 60.2 Å². The van der Waals surface area contributed by atoms with Crippen molar-refractivity contribution in [3.63, 3.8) is 0 Å². The Bertz CT molecular complexity index is 1060. The highest BCUT2D eigenvalue weighted by Crippen LogP contribution is 2.30. The zero-order valence-electron chi connectivity index (χ0n) is 14.7. The molecule has 0 aliphatic rings. The number of Topliss-reactive ketones (excluding diaryl/α,β-unsaturated/α-hetero) is 1. The standard InChI is InChI=1S/C21H19N3OS/c1-14(2)21-23-17(13-26-21)19-12-16(18-8-4-6-10-24(18)19)20(25)11-15-7-3-5-9-22-15/h3-10,12-14H,11H2,1-2H3. The van der Waals surface area contributed by atoms with Crippen molar-refractivity contribution in [2.45, 2.75) is 26.2 Å². The summed E-state index contributed by atoms with van der Waals surface area (Å²) in [6.45, 7) is 4.28. The summed E-state index contributed by atoms with van der Waals surface area (Å²) in [5.41, 5.74) is 4.27. The number of carbonyl (C=O) groups is 1. The van der Waals surface area contributed by atoms with Gasteiger partial charge in [0.05, 0.1) is 28.3 Å². The number of fused-ring (bicyclic) bond motifs is 1. The summed E-state index contributed by atoms with van der Waals surface area (Å²) in [5.74, 6) is 0.461. The Hall–Kier alpha value is -2.79. The fourth-order valence-corrected chi connectivity index (χ4v) is 3.84. The number of hydrogen-bond donors (Lipinski definition) is 0. The van der Waals surface area contributed by atoms with E-state index in [2.05, 4.69) is 24.2 Å². The highest BCUT2D eigenvalue weighted by molar-refractivity contribution is 7.10. The molecule has 0 saturated heterocycles. The van der Waals surface area contributed by atoms with Crippen molar-refractivity contribution in [2.24, 2.45) is 0 Å². The van der Waals surface area contributed by atoms with Crippen LogP contribution in [0.2, 0.25) is 0 Å². The van der Waals surface area contributed by atoms with Crippen LogP contribution in [-0.4, -0.2) is 20.2 Å². The Kier molecular flexibility index (Phi) is 4.39. The average Bonchev–Trinajstić information content (AvgIpc) is 3.27. The van der Waals surface area contributed by atoms with Gasteiger partial charge >= 0.3 is 0 Å². The van der Waals surface area contributed by atoms with Gasteiger partial charge in [-0.25, -0.2) is 4.98 Å². The smallest absolute Gasteiger partial charge is 0.170 e. The lowest BCUT2D eigenvalue weighted by molar-refractivity contribution is 0.0993. The minimum absolute atomic E-state index is 0.0676. The molecule has 4 aromatic heterocycles. The highest BCUT2D eigenvalue weighted by atomic mass is 32.1. The second-order valence-corrected chi connectivity index (χ2v) is 7.44. The number of ketones is 1. The molecule has 0 unspecified atom stereocenters. The molecule has 0 atom stereocenters. The van der Waals surface area contributed by atoms with Gasteiger partial charge in [-0.15, -0.1) is 11.3 Å². The first kappa shape index (κ1) is 16.7. The van der Waals surface area contributed by atoms with Crippen molar-refractivity contribution in [2.75, 3.05) is 0 Å². The molecule has 0 saturated carbocycles. The van der Waals surface area contributed by atoms with Crippen LogP contribution in [0.25, 0.3) is 16.9 Å². The number of pyridine rings is 2. The van der Waals surface area contributed by atoms with E-state index in [1.807, 2.05) is 53.1 Å². The molecule has 4 aromatic rings. The van der Waals surface area contributed by atoms with E-state index in [9.17, 15) is 4.79 Å². The molecule has 0 amide bonds. The second kappa shape index (κ2) is 6.84. The summed E-state index contributed by atoms with van der Waals surface area (Å²) >= 11 is 1.66. The van der Waals surface area contributed by atoms with Gasteiger partial charge in [-0.05, 0) is 30.3 Å². The van der Waals surface area contributed by atoms with Gasteiger partial charge in [0.2, 0.25) is 0 Å². The third-order valence-electron chi connectivity index (χ3n) is 4.32. The molecule has 4 rings (SSSR count). The zero-order chi connectivity index (χ0) is 18.1. The number of carbonyl (C=O) groups excluding carboxylic acids is 1. The van der Waals surface area contributed by atoms with Gasteiger partial charge in [0.1, 0.15) is 0 Å². The Morgan fingerprint density at radius 2 is 2.04 bits per heavy atom. The third-order valence-corrected chi connectivity index (χ3v) is 5.47. The summed E-state index contributed by atoms with van der Waals surface area (Å²) in [4.78, 5) is 21.9. The lowest BCUT2D eigenvalue weighted by Crippen LogP contribution is -2.04. The zero-order valence-corrected chi connectivity index (χ0v) is 15.5. The Labute approximate surface area is 156 Å². The van der Waals surface area contributed by atoms with Crippen LogP contribution < -0.4 is 0 Å². The third kappa shape index (κ3) is 3.06. The molecule has 0 radical (unpaired) electrons. The van der Waals surface area contributed by atoms with E-state index in [1.54, 1.807) is 17.5 Å². The fourth-order valence-electron chi connectivity index (χ4n) is 3.01. The van der Waals surface area contributed by atoms with E-state index >= 15 is 0 Å². The predicted molar refractivity (Wildman–Crippen MR) is 105 cm³/mol. The molecule has 0 spiro atoms. The van der Waals surface area contributed by atoms with Gasteiger partial charge in [-0.3, -0.25) is 9.78 Å². The van der Waals surface area contributed by atoms with E-state index in [1.165, 1.54) is 0 Å². The molecule has 5 heteroatoms. The van der Waals surface area contributed by atoms with Gasteiger partial charge in [0.25, 0.3) is 0 Å². The predicted octanol–water partition coefficient (Wildman–Crippen LogP) is 5.01. The quantitative estimate of drug-likeness (QED) is 0.470. The van der Waals surface area contributed by atoms with E-state index in [0.717, 1.165) is 27.6 Å². The first-order valence-electron chi connectivity index (χ1n) is 8.62. The van der Waals surface area contributed by atoms with Crippen LogP contribution >= 0.6 is 11.3 Å². The summed E-state index contributed by atoms with van der Waals surface area (Å²) in [7, 11) is 0. The monoisotopic (exact) mass is 361 g/mol. The van der Waals surface area contributed by atoms with Crippen molar-refractivity contribution in [3.05, 3.63) is 76.5 Å². The van der Waals surface area contributed by atoms with Gasteiger partial charge in [0.15, 0.2) is 5.78 Å². The summed E-state index contributed by atoms with van der Waals surface area (Å²) in [6, 6.07) is 13.5. The molecule has 0 aromatic carbocycles. The van der Waals surface area contributed by atoms with Crippen molar-refractivity contribution >= 4 is 22.6 Å². The molecule has 0 aliphatic carbocycles. The largest absolute Gasteiger partial charge is 0.314 e. The number of nitrogens with zero attached hydrogens (tertiary/aromatic N) is 3. The topological polar surface area (TPSA) is 47.3 Å². The van der Waals surface area contributed by atoms with Crippen molar-refractivity contribution in [1.29, 1.82) is 0 Å². The van der Waals surface area contributed by atoms with Gasteiger partial charge in [-0.1, -0.05) is 26.0 Å². The molecule has 0 N–H and O–H groups in total. The molecule has 26 heavy (non-hydrogen) atoms. The lowest BCUT2D eigenvalue weighted by atomic mass is 10.1.